The van der Waals surface area contributed by atoms with Gasteiger partial charge in [-0.15, -0.1) is 11.6 Å². The van der Waals surface area contributed by atoms with Gasteiger partial charge in [0.1, 0.15) is 0 Å². The van der Waals surface area contributed by atoms with E-state index in [1.165, 1.54) is 0 Å². The number of carbonyl (C=O) groups excluding carboxylic acids is 1. The number of amides is 1. The minimum Gasteiger partial charge on any atom is -0.352 e. The molecule has 1 rings (SSSR count). The first kappa shape index (κ1) is 14.3. The molecule has 0 fully saturated rings. The van der Waals surface area contributed by atoms with Crippen LogP contribution in [0.1, 0.15) is 29.3 Å². The summed E-state index contributed by atoms with van der Waals surface area (Å²) in [5, 5.41) is 3.57. The Bertz CT molecular complexity index is 393. The van der Waals surface area contributed by atoms with Crippen molar-refractivity contribution in [1.82, 2.24) is 5.32 Å². The van der Waals surface area contributed by atoms with Crippen molar-refractivity contribution in [3.63, 3.8) is 0 Å². The third-order valence-electron chi connectivity index (χ3n) is 2.63. The van der Waals surface area contributed by atoms with Gasteiger partial charge in [-0.05, 0) is 43.0 Å². The summed E-state index contributed by atoms with van der Waals surface area (Å²) >= 11 is 11.5. The molecule has 0 heterocycles. The lowest BCUT2D eigenvalue weighted by Gasteiger charge is -2.11. The minimum atomic E-state index is -0.0637. The molecule has 0 spiro atoms. The molecule has 0 aliphatic carbocycles. The Labute approximate surface area is 112 Å². The second kappa shape index (κ2) is 6.87. The topological polar surface area (TPSA) is 29.1 Å². The summed E-state index contributed by atoms with van der Waals surface area (Å²) in [7, 11) is 0. The van der Waals surface area contributed by atoms with E-state index in [-0.39, 0.29) is 5.91 Å². The highest BCUT2D eigenvalue weighted by Crippen LogP contribution is 2.16. The molecule has 2 nitrogen and oxygen atoms in total. The predicted octanol–water partition coefficient (Wildman–Crippen LogP) is 3.64. The lowest BCUT2D eigenvalue weighted by atomic mass is 10.1. The molecule has 94 valence electrons. The SMILES string of the molecule is Cc1cc(C(=O)NCC(C)CCCl)ccc1Cl. The molecule has 1 aromatic carbocycles. The summed E-state index contributed by atoms with van der Waals surface area (Å²) in [5.74, 6) is 0.952. The molecule has 1 atom stereocenters. The van der Waals surface area contributed by atoms with Gasteiger partial charge in [0.25, 0.3) is 5.91 Å². The molecule has 17 heavy (non-hydrogen) atoms. The highest BCUT2D eigenvalue weighted by molar-refractivity contribution is 6.31. The summed E-state index contributed by atoms with van der Waals surface area (Å²) in [6, 6.07) is 5.27. The van der Waals surface area contributed by atoms with Gasteiger partial charge >= 0.3 is 0 Å². The molecule has 0 saturated carbocycles. The van der Waals surface area contributed by atoms with Gasteiger partial charge in [-0.1, -0.05) is 18.5 Å². The molecule has 4 heteroatoms. The molecule has 1 amide bonds. The summed E-state index contributed by atoms with van der Waals surface area (Å²) in [6.45, 7) is 4.60. The summed E-state index contributed by atoms with van der Waals surface area (Å²) < 4.78 is 0. The van der Waals surface area contributed by atoms with Gasteiger partial charge in [-0.2, -0.15) is 0 Å². The molecular formula is C13H17Cl2NO. The fraction of sp³-hybridized carbons (Fsp3) is 0.462. The van der Waals surface area contributed by atoms with Crippen LogP contribution in [-0.2, 0) is 0 Å². The van der Waals surface area contributed by atoms with Crippen molar-refractivity contribution in [1.29, 1.82) is 0 Å². The standard InChI is InChI=1S/C13H17Cl2NO/c1-9(5-6-14)8-16-13(17)11-3-4-12(15)10(2)7-11/h3-4,7,9H,5-6,8H2,1-2H3,(H,16,17). The summed E-state index contributed by atoms with van der Waals surface area (Å²) in [6.07, 6.45) is 0.904. The zero-order valence-corrected chi connectivity index (χ0v) is 11.6. The maximum atomic E-state index is 11.8. The van der Waals surface area contributed by atoms with Gasteiger partial charge < -0.3 is 5.32 Å². The van der Waals surface area contributed by atoms with Crippen molar-refractivity contribution in [2.24, 2.45) is 5.92 Å². The zero-order valence-electron chi connectivity index (χ0n) is 10.1. The smallest absolute Gasteiger partial charge is 0.251 e. The Kier molecular flexibility index (Phi) is 5.79. The Hall–Kier alpha value is -0.730. The largest absolute Gasteiger partial charge is 0.352 e. The van der Waals surface area contributed by atoms with Gasteiger partial charge in [-0.3, -0.25) is 4.79 Å². The average Bonchev–Trinajstić information content (AvgIpc) is 2.30. The first-order chi connectivity index (χ1) is 8.04. The van der Waals surface area contributed by atoms with Gasteiger partial charge in [0.2, 0.25) is 0 Å². The van der Waals surface area contributed by atoms with E-state index >= 15 is 0 Å². The highest BCUT2D eigenvalue weighted by atomic mass is 35.5. The highest BCUT2D eigenvalue weighted by Gasteiger charge is 2.08. The van der Waals surface area contributed by atoms with Crippen molar-refractivity contribution in [2.45, 2.75) is 20.3 Å². The molecule has 1 unspecified atom stereocenters. The maximum Gasteiger partial charge on any atom is 0.251 e. The van der Waals surface area contributed by atoms with E-state index in [4.69, 9.17) is 23.2 Å². The van der Waals surface area contributed by atoms with Gasteiger partial charge in [-0.25, -0.2) is 0 Å². The normalized spacial score (nSPS) is 12.2. The number of hydrogen-bond donors (Lipinski definition) is 1. The predicted molar refractivity (Wildman–Crippen MR) is 73.0 cm³/mol. The number of benzene rings is 1. The number of rotatable bonds is 5. The van der Waals surface area contributed by atoms with E-state index in [1.54, 1.807) is 18.2 Å². The maximum absolute atomic E-state index is 11.8. The molecule has 0 aromatic heterocycles. The second-order valence-corrected chi connectivity index (χ2v) is 5.04. The average molecular weight is 274 g/mol. The zero-order chi connectivity index (χ0) is 12.8. The first-order valence-electron chi connectivity index (χ1n) is 5.65. The number of halogens is 2. The van der Waals surface area contributed by atoms with Crippen molar-refractivity contribution in [2.75, 3.05) is 12.4 Å². The van der Waals surface area contributed by atoms with Crippen LogP contribution in [0.4, 0.5) is 0 Å². The summed E-state index contributed by atoms with van der Waals surface area (Å²) in [4.78, 5) is 11.8. The Morgan fingerprint density at radius 2 is 2.18 bits per heavy atom. The van der Waals surface area contributed by atoms with E-state index < -0.39 is 0 Å². The third kappa shape index (κ3) is 4.57. The number of alkyl halides is 1. The fourth-order valence-corrected chi connectivity index (χ4v) is 1.93. The lowest BCUT2D eigenvalue weighted by molar-refractivity contribution is 0.0948. The van der Waals surface area contributed by atoms with Crippen LogP contribution < -0.4 is 5.32 Å². The van der Waals surface area contributed by atoms with E-state index in [0.29, 0.717) is 28.9 Å². The van der Waals surface area contributed by atoms with Crippen LogP contribution in [0.25, 0.3) is 0 Å². The van der Waals surface area contributed by atoms with E-state index in [0.717, 1.165) is 12.0 Å². The van der Waals surface area contributed by atoms with Crippen LogP contribution in [0.15, 0.2) is 18.2 Å². The van der Waals surface area contributed by atoms with Crippen molar-refractivity contribution in [3.05, 3.63) is 34.3 Å². The van der Waals surface area contributed by atoms with Gasteiger partial charge in [0.15, 0.2) is 0 Å². The molecule has 0 aliphatic heterocycles. The number of carbonyl (C=O) groups is 1. The Balaban J connectivity index is 2.55. The molecule has 0 saturated heterocycles. The van der Waals surface area contributed by atoms with E-state index in [1.807, 2.05) is 6.92 Å². The monoisotopic (exact) mass is 273 g/mol. The Morgan fingerprint density at radius 3 is 2.76 bits per heavy atom. The van der Waals surface area contributed by atoms with Crippen LogP contribution in [0.2, 0.25) is 5.02 Å². The van der Waals surface area contributed by atoms with Crippen LogP contribution in [0.5, 0.6) is 0 Å². The van der Waals surface area contributed by atoms with Gasteiger partial charge in [0, 0.05) is 23.0 Å². The second-order valence-electron chi connectivity index (χ2n) is 4.26. The van der Waals surface area contributed by atoms with Crippen molar-refractivity contribution < 1.29 is 4.79 Å². The van der Waals surface area contributed by atoms with E-state index in [9.17, 15) is 4.79 Å². The van der Waals surface area contributed by atoms with Crippen LogP contribution in [0, 0.1) is 12.8 Å². The molecule has 0 aliphatic rings. The minimum absolute atomic E-state index is 0.0637. The molecule has 1 aromatic rings. The number of aryl methyl sites for hydroxylation is 1. The lowest BCUT2D eigenvalue weighted by Crippen LogP contribution is -2.28. The molecular weight excluding hydrogens is 257 g/mol. The van der Waals surface area contributed by atoms with E-state index in [2.05, 4.69) is 12.2 Å². The van der Waals surface area contributed by atoms with Gasteiger partial charge in [0.05, 0.1) is 0 Å². The molecule has 0 radical (unpaired) electrons. The quantitative estimate of drug-likeness (QED) is 0.816. The van der Waals surface area contributed by atoms with Crippen LogP contribution in [0.3, 0.4) is 0 Å². The molecule has 0 bridgehead atoms. The van der Waals surface area contributed by atoms with Crippen molar-refractivity contribution in [3.8, 4) is 0 Å². The summed E-state index contributed by atoms with van der Waals surface area (Å²) in [5.41, 5.74) is 1.55. The molecule has 1 N–H and O–H groups in total. The first-order valence-corrected chi connectivity index (χ1v) is 6.56. The number of nitrogens with one attached hydrogen (secondary N) is 1. The van der Waals surface area contributed by atoms with Crippen LogP contribution >= 0.6 is 23.2 Å². The number of hydrogen-bond acceptors (Lipinski definition) is 1. The van der Waals surface area contributed by atoms with Crippen LogP contribution in [-0.4, -0.2) is 18.3 Å². The fourth-order valence-electron chi connectivity index (χ4n) is 1.44. The van der Waals surface area contributed by atoms with Crippen molar-refractivity contribution >= 4 is 29.1 Å². The Morgan fingerprint density at radius 1 is 1.47 bits per heavy atom. The third-order valence-corrected chi connectivity index (χ3v) is 3.28.